The summed E-state index contributed by atoms with van der Waals surface area (Å²) in [6.45, 7) is 4.71. The van der Waals surface area contributed by atoms with Crippen molar-refractivity contribution in [1.82, 2.24) is 9.80 Å². The fourth-order valence-corrected chi connectivity index (χ4v) is 1.95. The molecule has 1 fully saturated rings. The van der Waals surface area contributed by atoms with Crippen molar-refractivity contribution in [3.8, 4) is 0 Å². The Bertz CT molecular complexity index is 216. The Hall–Kier alpha value is -0.610. The molecule has 1 amide bonds. The van der Waals surface area contributed by atoms with Gasteiger partial charge in [0.05, 0.1) is 12.1 Å². The summed E-state index contributed by atoms with van der Waals surface area (Å²) >= 11 is 0. The maximum absolute atomic E-state index is 11.8. The van der Waals surface area contributed by atoms with E-state index in [1.807, 2.05) is 13.8 Å². The quantitative estimate of drug-likeness (QED) is 0.678. The minimum Gasteiger partial charge on any atom is -0.392 e. The average molecular weight is 200 g/mol. The molecular weight excluding hydrogens is 180 g/mol. The van der Waals surface area contributed by atoms with E-state index in [1.165, 1.54) is 0 Å². The number of amides is 1. The van der Waals surface area contributed by atoms with E-state index in [1.54, 1.807) is 19.0 Å². The van der Waals surface area contributed by atoms with Crippen LogP contribution in [0.25, 0.3) is 0 Å². The molecule has 4 heteroatoms. The zero-order valence-electron chi connectivity index (χ0n) is 9.40. The molecule has 14 heavy (non-hydrogen) atoms. The second kappa shape index (κ2) is 4.28. The first kappa shape index (κ1) is 11.5. The van der Waals surface area contributed by atoms with Crippen LogP contribution in [-0.4, -0.2) is 59.6 Å². The molecule has 1 rings (SSSR count). The van der Waals surface area contributed by atoms with E-state index >= 15 is 0 Å². The van der Waals surface area contributed by atoms with Gasteiger partial charge in [-0.3, -0.25) is 9.69 Å². The molecule has 0 aromatic rings. The van der Waals surface area contributed by atoms with Gasteiger partial charge < -0.3 is 10.0 Å². The second-order valence-electron chi connectivity index (χ2n) is 4.43. The van der Waals surface area contributed by atoms with Crippen molar-refractivity contribution < 1.29 is 9.90 Å². The number of likely N-dealkylation sites (tertiary alicyclic amines) is 1. The molecule has 2 atom stereocenters. The van der Waals surface area contributed by atoms with Crippen molar-refractivity contribution in [3.05, 3.63) is 0 Å². The number of β-amino-alcohol motifs (C(OH)–C–C–N with tert-alkyl or cyclic N) is 1. The molecule has 1 N–H and O–H groups in total. The summed E-state index contributed by atoms with van der Waals surface area (Å²) in [6.07, 6.45) is 0.209. The van der Waals surface area contributed by atoms with Crippen molar-refractivity contribution >= 4 is 5.91 Å². The lowest BCUT2D eigenvalue weighted by Crippen LogP contribution is -2.45. The van der Waals surface area contributed by atoms with Crippen molar-refractivity contribution in [2.24, 2.45) is 0 Å². The topological polar surface area (TPSA) is 43.8 Å². The number of nitrogens with zero attached hydrogens (tertiary/aromatic N) is 2. The van der Waals surface area contributed by atoms with Crippen LogP contribution in [0, 0.1) is 0 Å². The van der Waals surface area contributed by atoms with Gasteiger partial charge in [0.2, 0.25) is 5.91 Å². The summed E-state index contributed by atoms with van der Waals surface area (Å²) < 4.78 is 0. The fraction of sp³-hybridized carbons (Fsp3) is 0.900. The first-order chi connectivity index (χ1) is 6.43. The van der Waals surface area contributed by atoms with Crippen LogP contribution < -0.4 is 0 Å². The third kappa shape index (κ3) is 2.25. The Morgan fingerprint density at radius 3 is 2.50 bits per heavy atom. The Balaban J connectivity index is 2.71. The van der Waals surface area contributed by atoms with E-state index in [0.717, 1.165) is 0 Å². The van der Waals surface area contributed by atoms with Gasteiger partial charge in [0, 0.05) is 26.7 Å². The Labute approximate surface area is 85.5 Å². The first-order valence-corrected chi connectivity index (χ1v) is 5.08. The molecule has 82 valence electrons. The second-order valence-corrected chi connectivity index (χ2v) is 4.43. The Morgan fingerprint density at radius 1 is 1.50 bits per heavy atom. The lowest BCUT2D eigenvalue weighted by molar-refractivity contribution is -0.134. The zero-order valence-corrected chi connectivity index (χ0v) is 9.40. The van der Waals surface area contributed by atoms with Crippen LogP contribution in [-0.2, 0) is 4.79 Å². The third-order valence-electron chi connectivity index (χ3n) is 2.71. The van der Waals surface area contributed by atoms with Crippen LogP contribution in [0.2, 0.25) is 0 Å². The van der Waals surface area contributed by atoms with E-state index < -0.39 is 0 Å². The molecule has 1 aliphatic rings. The SMILES string of the molecule is CC(C)N1CC(O)C[C@@H]1C(=O)N(C)C. The van der Waals surface area contributed by atoms with Gasteiger partial charge in [0.15, 0.2) is 0 Å². The Morgan fingerprint density at radius 2 is 2.07 bits per heavy atom. The molecule has 0 aromatic heterocycles. The van der Waals surface area contributed by atoms with E-state index in [-0.39, 0.29) is 18.1 Å². The van der Waals surface area contributed by atoms with Gasteiger partial charge in [0.1, 0.15) is 0 Å². The largest absolute Gasteiger partial charge is 0.392 e. The number of likely N-dealkylation sites (N-methyl/N-ethyl adjacent to an activating group) is 1. The van der Waals surface area contributed by atoms with Crippen molar-refractivity contribution in [1.29, 1.82) is 0 Å². The first-order valence-electron chi connectivity index (χ1n) is 5.08. The lowest BCUT2D eigenvalue weighted by atomic mass is 10.1. The molecular formula is C10H20N2O2. The molecule has 0 saturated carbocycles. The van der Waals surface area contributed by atoms with Crippen molar-refractivity contribution in [3.63, 3.8) is 0 Å². The van der Waals surface area contributed by atoms with E-state index in [9.17, 15) is 9.90 Å². The summed E-state index contributed by atoms with van der Waals surface area (Å²) in [5, 5.41) is 9.54. The van der Waals surface area contributed by atoms with Crippen molar-refractivity contribution in [2.45, 2.75) is 38.5 Å². The number of carbonyl (C=O) groups is 1. The zero-order chi connectivity index (χ0) is 10.9. The number of hydrogen-bond donors (Lipinski definition) is 1. The molecule has 1 saturated heterocycles. The van der Waals surface area contributed by atoms with Crippen LogP contribution >= 0.6 is 0 Å². The van der Waals surface area contributed by atoms with Crippen LogP contribution in [0.1, 0.15) is 20.3 Å². The summed E-state index contributed by atoms with van der Waals surface area (Å²) in [4.78, 5) is 15.4. The number of carbonyl (C=O) groups excluding carboxylic acids is 1. The number of hydrogen-bond acceptors (Lipinski definition) is 3. The minimum atomic E-state index is -0.355. The fourth-order valence-electron chi connectivity index (χ4n) is 1.95. The number of aliphatic hydroxyl groups excluding tert-OH is 1. The van der Waals surface area contributed by atoms with Gasteiger partial charge in [-0.15, -0.1) is 0 Å². The highest BCUT2D eigenvalue weighted by molar-refractivity contribution is 5.81. The maximum atomic E-state index is 11.8. The normalized spacial score (nSPS) is 28.4. The summed E-state index contributed by atoms with van der Waals surface area (Å²) in [5.74, 6) is 0.0928. The molecule has 1 unspecified atom stereocenters. The smallest absolute Gasteiger partial charge is 0.239 e. The van der Waals surface area contributed by atoms with Crippen LogP contribution in [0.5, 0.6) is 0 Å². The van der Waals surface area contributed by atoms with Crippen molar-refractivity contribution in [2.75, 3.05) is 20.6 Å². The van der Waals surface area contributed by atoms with Gasteiger partial charge >= 0.3 is 0 Å². The lowest BCUT2D eigenvalue weighted by Gasteiger charge is -2.28. The molecule has 0 aromatic carbocycles. The molecule has 1 heterocycles. The standard InChI is InChI=1S/C10H20N2O2/c1-7(2)12-6-8(13)5-9(12)10(14)11(3)4/h7-9,13H,5-6H2,1-4H3/t8?,9-/m1/s1. The van der Waals surface area contributed by atoms with Gasteiger partial charge in [-0.2, -0.15) is 0 Å². The van der Waals surface area contributed by atoms with Gasteiger partial charge in [-0.05, 0) is 20.3 Å². The number of aliphatic hydroxyl groups is 1. The van der Waals surface area contributed by atoms with Crippen LogP contribution in [0.4, 0.5) is 0 Å². The molecule has 0 radical (unpaired) electrons. The van der Waals surface area contributed by atoms with E-state index in [4.69, 9.17) is 0 Å². The number of rotatable bonds is 2. The Kier molecular flexibility index (Phi) is 3.50. The molecule has 0 aliphatic carbocycles. The molecule has 4 nitrogen and oxygen atoms in total. The predicted molar refractivity (Wildman–Crippen MR) is 54.9 cm³/mol. The highest BCUT2D eigenvalue weighted by Gasteiger charge is 2.37. The summed E-state index contributed by atoms with van der Waals surface area (Å²) in [5.41, 5.74) is 0. The highest BCUT2D eigenvalue weighted by atomic mass is 16.3. The molecule has 1 aliphatic heterocycles. The van der Waals surface area contributed by atoms with Crippen LogP contribution in [0.3, 0.4) is 0 Å². The molecule has 0 bridgehead atoms. The monoisotopic (exact) mass is 200 g/mol. The van der Waals surface area contributed by atoms with Gasteiger partial charge in [-0.25, -0.2) is 0 Å². The average Bonchev–Trinajstić information content (AvgIpc) is 2.45. The van der Waals surface area contributed by atoms with E-state index in [0.29, 0.717) is 19.0 Å². The molecule has 0 spiro atoms. The summed E-state index contributed by atoms with van der Waals surface area (Å²) in [7, 11) is 3.51. The van der Waals surface area contributed by atoms with E-state index in [2.05, 4.69) is 4.90 Å². The summed E-state index contributed by atoms with van der Waals surface area (Å²) in [6, 6.07) is 0.168. The van der Waals surface area contributed by atoms with Gasteiger partial charge in [-0.1, -0.05) is 0 Å². The maximum Gasteiger partial charge on any atom is 0.239 e. The van der Waals surface area contributed by atoms with Gasteiger partial charge in [0.25, 0.3) is 0 Å². The predicted octanol–water partition coefficient (Wildman–Crippen LogP) is -0.0818. The minimum absolute atomic E-state index is 0.0928. The van der Waals surface area contributed by atoms with Crippen LogP contribution in [0.15, 0.2) is 0 Å². The highest BCUT2D eigenvalue weighted by Crippen LogP contribution is 2.21. The third-order valence-corrected chi connectivity index (χ3v) is 2.71.